The highest BCUT2D eigenvalue weighted by molar-refractivity contribution is 9.10. The minimum atomic E-state index is -0.601. The van der Waals surface area contributed by atoms with Gasteiger partial charge in [0.2, 0.25) is 0 Å². The highest BCUT2D eigenvalue weighted by Gasteiger charge is 2.09. The average molecular weight is 328 g/mol. The first-order valence-electron chi connectivity index (χ1n) is 4.47. The highest BCUT2D eigenvalue weighted by Crippen LogP contribution is 2.30. The molecule has 0 saturated carbocycles. The van der Waals surface area contributed by atoms with Crippen LogP contribution in [0.2, 0.25) is 5.02 Å². The van der Waals surface area contributed by atoms with Crippen LogP contribution in [0.25, 0.3) is 0 Å². The molecule has 1 rings (SSSR count). The summed E-state index contributed by atoms with van der Waals surface area (Å²) in [6.45, 7) is 0.0280. The van der Waals surface area contributed by atoms with E-state index in [1.807, 2.05) is 0 Å². The summed E-state index contributed by atoms with van der Waals surface area (Å²) in [5.74, 6) is 3.83. The molecule has 3 N–H and O–H groups in total. The monoisotopic (exact) mass is 326 g/mol. The first-order valence-corrected chi connectivity index (χ1v) is 5.64. The Labute approximate surface area is 110 Å². The van der Waals surface area contributed by atoms with Gasteiger partial charge in [0.15, 0.2) is 0 Å². The maximum atomic E-state index is 13.1. The fourth-order valence-electron chi connectivity index (χ4n) is 0.976. The molecule has 0 bridgehead atoms. The quantitative estimate of drug-likeness (QED) is 0.491. The Morgan fingerprint density at radius 1 is 1.59 bits per heavy atom. The Hall–Kier alpha value is -0.890. The van der Waals surface area contributed by atoms with Gasteiger partial charge in [0, 0.05) is 6.07 Å². The molecule has 0 aromatic heterocycles. The van der Waals surface area contributed by atoms with Gasteiger partial charge in [-0.3, -0.25) is 4.79 Å². The van der Waals surface area contributed by atoms with Crippen LogP contribution in [0.3, 0.4) is 0 Å². The summed E-state index contributed by atoms with van der Waals surface area (Å²) in [5, 5.41) is -0.0176. The number of rotatable bonds is 5. The van der Waals surface area contributed by atoms with Gasteiger partial charge in [0.05, 0.1) is 22.5 Å². The first kappa shape index (κ1) is 14.2. The van der Waals surface area contributed by atoms with Crippen molar-refractivity contribution in [3.63, 3.8) is 0 Å². The summed E-state index contributed by atoms with van der Waals surface area (Å²) in [6.07, 6.45) is -0.0269. The summed E-state index contributed by atoms with van der Waals surface area (Å²) >= 11 is 8.71. The van der Waals surface area contributed by atoms with E-state index in [1.165, 1.54) is 6.07 Å². The molecule has 0 aliphatic rings. The van der Waals surface area contributed by atoms with Crippen LogP contribution in [0.4, 0.5) is 4.39 Å². The van der Waals surface area contributed by atoms with E-state index in [9.17, 15) is 9.18 Å². The van der Waals surface area contributed by atoms with Crippen LogP contribution in [-0.2, 0) is 9.63 Å². The minimum Gasteiger partial charge on any atom is -0.492 e. The van der Waals surface area contributed by atoms with Crippen molar-refractivity contribution in [1.82, 2.24) is 5.59 Å². The normalized spacial score (nSPS) is 10.1. The van der Waals surface area contributed by atoms with E-state index in [-0.39, 0.29) is 23.8 Å². The SMILES string of the molecule is NNOC(=O)CCOc1cc(F)c(Cl)cc1Br. The Morgan fingerprint density at radius 3 is 2.94 bits per heavy atom. The van der Waals surface area contributed by atoms with E-state index in [2.05, 4.69) is 20.8 Å². The zero-order chi connectivity index (χ0) is 12.8. The number of benzene rings is 1. The fraction of sp³-hybridized carbons (Fsp3) is 0.222. The van der Waals surface area contributed by atoms with Crippen LogP contribution < -0.4 is 16.2 Å². The van der Waals surface area contributed by atoms with Gasteiger partial charge in [0.1, 0.15) is 11.6 Å². The van der Waals surface area contributed by atoms with Gasteiger partial charge in [0.25, 0.3) is 0 Å². The molecule has 0 atom stereocenters. The number of nitrogens with one attached hydrogen (secondary N) is 1. The Balaban J connectivity index is 2.52. The van der Waals surface area contributed by atoms with Crippen molar-refractivity contribution in [2.75, 3.05) is 6.61 Å². The largest absolute Gasteiger partial charge is 0.492 e. The minimum absolute atomic E-state index is 0.0176. The fourth-order valence-corrected chi connectivity index (χ4v) is 1.73. The Morgan fingerprint density at radius 2 is 2.29 bits per heavy atom. The molecule has 5 nitrogen and oxygen atoms in total. The molecule has 0 radical (unpaired) electrons. The number of ether oxygens (including phenoxy) is 1. The van der Waals surface area contributed by atoms with Crippen LogP contribution in [0.1, 0.15) is 6.42 Å². The van der Waals surface area contributed by atoms with Gasteiger partial charge in [-0.2, -0.15) is 0 Å². The number of halogens is 3. The third kappa shape index (κ3) is 4.47. The molecular weight excluding hydrogens is 318 g/mol. The van der Waals surface area contributed by atoms with Crippen LogP contribution in [0.5, 0.6) is 5.75 Å². The van der Waals surface area contributed by atoms with Crippen LogP contribution in [-0.4, -0.2) is 12.6 Å². The van der Waals surface area contributed by atoms with Gasteiger partial charge in [-0.05, 0) is 22.0 Å². The van der Waals surface area contributed by atoms with Crippen molar-refractivity contribution >= 4 is 33.5 Å². The topological polar surface area (TPSA) is 73.6 Å². The van der Waals surface area contributed by atoms with Gasteiger partial charge >= 0.3 is 5.97 Å². The van der Waals surface area contributed by atoms with Crippen LogP contribution >= 0.6 is 27.5 Å². The Kier molecular flexibility index (Phi) is 5.63. The van der Waals surface area contributed by atoms with Gasteiger partial charge in [-0.1, -0.05) is 17.2 Å². The molecule has 0 spiro atoms. The van der Waals surface area contributed by atoms with Crippen molar-refractivity contribution in [2.45, 2.75) is 6.42 Å². The van der Waals surface area contributed by atoms with Crippen molar-refractivity contribution in [3.05, 3.63) is 27.4 Å². The molecule has 0 unspecified atom stereocenters. The van der Waals surface area contributed by atoms with Crippen LogP contribution in [0, 0.1) is 5.82 Å². The molecule has 0 saturated heterocycles. The second-order valence-corrected chi connectivity index (χ2v) is 4.15. The Bertz CT molecular complexity index is 419. The maximum Gasteiger partial charge on any atom is 0.329 e. The molecule has 8 heteroatoms. The maximum absolute atomic E-state index is 13.1. The van der Waals surface area contributed by atoms with Crippen molar-refractivity contribution < 1.29 is 18.8 Å². The molecule has 17 heavy (non-hydrogen) atoms. The van der Waals surface area contributed by atoms with Crippen molar-refractivity contribution in [3.8, 4) is 5.75 Å². The molecule has 0 heterocycles. The number of hydrazine groups is 1. The van der Waals surface area contributed by atoms with E-state index in [4.69, 9.17) is 22.2 Å². The zero-order valence-corrected chi connectivity index (χ0v) is 10.8. The smallest absolute Gasteiger partial charge is 0.329 e. The lowest BCUT2D eigenvalue weighted by atomic mass is 10.3. The van der Waals surface area contributed by atoms with E-state index in [1.54, 1.807) is 5.59 Å². The molecule has 0 aliphatic carbocycles. The van der Waals surface area contributed by atoms with E-state index in [0.717, 1.165) is 6.07 Å². The number of nitrogens with two attached hydrogens (primary N) is 1. The van der Waals surface area contributed by atoms with Gasteiger partial charge < -0.3 is 9.57 Å². The second-order valence-electron chi connectivity index (χ2n) is 2.89. The molecule has 0 fully saturated rings. The van der Waals surface area contributed by atoms with Gasteiger partial charge in [-0.25, -0.2) is 10.2 Å². The lowest BCUT2D eigenvalue weighted by Gasteiger charge is -2.08. The average Bonchev–Trinajstić information content (AvgIpc) is 2.26. The standard InChI is InChI=1S/C9H9BrClFN2O3/c10-5-3-6(11)7(12)4-8(5)16-2-1-9(15)17-14-13/h3-4,14H,1-2,13H2. The molecular formula is C9H9BrClFN2O3. The predicted octanol–water partition coefficient (Wildman–Crippen LogP) is 1.93. The summed E-state index contributed by atoms with van der Waals surface area (Å²) in [4.78, 5) is 15.1. The van der Waals surface area contributed by atoms with Gasteiger partial charge in [-0.15, -0.1) is 0 Å². The molecule has 1 aromatic carbocycles. The summed E-state index contributed by atoms with van der Waals surface area (Å²) < 4.78 is 18.8. The van der Waals surface area contributed by atoms with Crippen molar-refractivity contribution in [2.24, 2.45) is 5.84 Å². The van der Waals surface area contributed by atoms with Crippen molar-refractivity contribution in [1.29, 1.82) is 0 Å². The number of hydrogen-bond donors (Lipinski definition) is 2. The molecule has 0 aliphatic heterocycles. The second kappa shape index (κ2) is 6.75. The first-order chi connectivity index (χ1) is 8.04. The summed E-state index contributed by atoms with van der Waals surface area (Å²) in [5.41, 5.74) is 1.75. The van der Waals surface area contributed by atoms with E-state index < -0.39 is 11.8 Å². The molecule has 1 aromatic rings. The van der Waals surface area contributed by atoms with E-state index in [0.29, 0.717) is 4.47 Å². The number of carbonyl (C=O) groups is 1. The lowest BCUT2D eigenvalue weighted by Crippen LogP contribution is -2.26. The molecule has 0 amide bonds. The van der Waals surface area contributed by atoms with Crippen LogP contribution in [0.15, 0.2) is 16.6 Å². The zero-order valence-electron chi connectivity index (χ0n) is 8.50. The third-order valence-electron chi connectivity index (χ3n) is 1.71. The summed E-state index contributed by atoms with van der Waals surface area (Å²) in [7, 11) is 0. The predicted molar refractivity (Wildman–Crippen MR) is 62.6 cm³/mol. The molecule has 94 valence electrons. The number of carbonyl (C=O) groups excluding carboxylic acids is 1. The third-order valence-corrected chi connectivity index (χ3v) is 2.62. The summed E-state index contributed by atoms with van der Waals surface area (Å²) in [6, 6.07) is 2.49. The lowest BCUT2D eigenvalue weighted by molar-refractivity contribution is -0.151. The highest BCUT2D eigenvalue weighted by atomic mass is 79.9. The number of hydrogen-bond acceptors (Lipinski definition) is 5. The van der Waals surface area contributed by atoms with E-state index >= 15 is 0 Å².